The van der Waals surface area contributed by atoms with Gasteiger partial charge in [-0.3, -0.25) is 4.79 Å². The highest BCUT2D eigenvalue weighted by Gasteiger charge is 2.28. The maximum absolute atomic E-state index is 11.1. The highest BCUT2D eigenvalue weighted by atomic mass is 35.5. The van der Waals surface area contributed by atoms with Gasteiger partial charge >= 0.3 is 0 Å². The van der Waals surface area contributed by atoms with Gasteiger partial charge < -0.3 is 20.9 Å². The van der Waals surface area contributed by atoms with Gasteiger partial charge in [-0.2, -0.15) is 0 Å². The van der Waals surface area contributed by atoms with Crippen LogP contribution in [0.5, 0.6) is 0 Å². The Bertz CT molecular complexity index is 1010. The zero-order valence-electron chi connectivity index (χ0n) is 17.6. The lowest BCUT2D eigenvalue weighted by atomic mass is 9.84. The van der Waals surface area contributed by atoms with Crippen LogP contribution in [0.3, 0.4) is 0 Å². The third-order valence-corrected chi connectivity index (χ3v) is 6.24. The number of amides is 1. The Morgan fingerprint density at radius 3 is 2.35 bits per heavy atom. The van der Waals surface area contributed by atoms with Crippen molar-refractivity contribution in [2.24, 2.45) is 5.92 Å². The molecule has 1 aliphatic heterocycles. The summed E-state index contributed by atoms with van der Waals surface area (Å²) in [5, 5.41) is 10.3. The molecule has 3 N–H and O–H groups in total. The van der Waals surface area contributed by atoms with Crippen LogP contribution in [0, 0.1) is 5.92 Å². The molecule has 1 heterocycles. The highest BCUT2D eigenvalue weighted by Crippen LogP contribution is 2.40. The number of nitrogens with zero attached hydrogens (tertiary/aromatic N) is 1. The van der Waals surface area contributed by atoms with Crippen molar-refractivity contribution >= 4 is 57.6 Å². The van der Waals surface area contributed by atoms with Crippen molar-refractivity contribution in [1.82, 2.24) is 0 Å². The zero-order valence-corrected chi connectivity index (χ0v) is 19.2. The van der Waals surface area contributed by atoms with Gasteiger partial charge in [0.15, 0.2) is 5.11 Å². The van der Waals surface area contributed by atoms with Crippen LogP contribution in [-0.2, 0) is 4.79 Å². The van der Waals surface area contributed by atoms with E-state index in [1.807, 2.05) is 36.4 Å². The molecule has 0 bridgehead atoms. The van der Waals surface area contributed by atoms with E-state index in [9.17, 15) is 4.79 Å². The minimum Gasteiger partial charge on any atom is -0.344 e. The first-order valence-electron chi connectivity index (χ1n) is 10.7. The SMILES string of the molecule is CC(=O)Nc1ccc(NC(=S)Nc2ccc(N3CCCC4CCCC=C43)c(Cl)c2)cc1. The molecule has 1 amide bonds. The van der Waals surface area contributed by atoms with E-state index in [1.165, 1.54) is 38.3 Å². The molecule has 7 heteroatoms. The molecule has 4 rings (SSSR count). The molecule has 1 unspecified atom stereocenters. The van der Waals surface area contributed by atoms with Crippen molar-refractivity contribution in [2.75, 3.05) is 27.4 Å². The lowest BCUT2D eigenvalue weighted by Gasteiger charge is -2.39. The van der Waals surface area contributed by atoms with Crippen molar-refractivity contribution in [2.45, 2.75) is 39.0 Å². The molecular weight excluding hydrogens is 428 g/mol. The molecular formula is C24H27ClN4OS. The van der Waals surface area contributed by atoms with Crippen LogP contribution in [0.4, 0.5) is 22.7 Å². The van der Waals surface area contributed by atoms with Gasteiger partial charge in [-0.15, -0.1) is 0 Å². The monoisotopic (exact) mass is 454 g/mol. The largest absolute Gasteiger partial charge is 0.344 e. The number of carbonyl (C=O) groups excluding carboxylic acids is 1. The van der Waals surface area contributed by atoms with Crippen LogP contribution in [-0.4, -0.2) is 17.6 Å². The molecule has 0 radical (unpaired) electrons. The number of carbonyl (C=O) groups is 1. The molecule has 0 spiro atoms. The highest BCUT2D eigenvalue weighted by molar-refractivity contribution is 7.80. The second kappa shape index (κ2) is 9.71. The number of halogens is 1. The Balaban J connectivity index is 1.40. The summed E-state index contributed by atoms with van der Waals surface area (Å²) in [6.07, 6.45) is 8.61. The predicted octanol–water partition coefficient (Wildman–Crippen LogP) is 6.39. The summed E-state index contributed by atoms with van der Waals surface area (Å²) < 4.78 is 0. The number of hydrogen-bond acceptors (Lipinski definition) is 3. The maximum Gasteiger partial charge on any atom is 0.221 e. The molecule has 1 saturated heterocycles. The van der Waals surface area contributed by atoms with Gasteiger partial charge in [-0.05, 0) is 92.7 Å². The molecule has 162 valence electrons. The predicted molar refractivity (Wildman–Crippen MR) is 134 cm³/mol. The first-order valence-corrected chi connectivity index (χ1v) is 11.5. The number of thiocarbonyl (C=S) groups is 1. The van der Waals surface area contributed by atoms with Crippen molar-refractivity contribution in [1.29, 1.82) is 0 Å². The number of allylic oxidation sites excluding steroid dienone is 2. The van der Waals surface area contributed by atoms with Gasteiger partial charge in [0.25, 0.3) is 0 Å². The van der Waals surface area contributed by atoms with E-state index in [0.717, 1.165) is 40.7 Å². The topological polar surface area (TPSA) is 56.4 Å². The number of anilines is 4. The van der Waals surface area contributed by atoms with Crippen molar-refractivity contribution < 1.29 is 4.79 Å². The Kier molecular flexibility index (Phi) is 6.78. The van der Waals surface area contributed by atoms with Crippen molar-refractivity contribution in [3.05, 3.63) is 59.3 Å². The second-order valence-corrected chi connectivity index (χ2v) is 8.87. The molecule has 2 aliphatic rings. The van der Waals surface area contributed by atoms with Crippen LogP contribution in [0.15, 0.2) is 54.2 Å². The summed E-state index contributed by atoms with van der Waals surface area (Å²) >= 11 is 12.1. The molecule has 5 nitrogen and oxygen atoms in total. The van der Waals surface area contributed by atoms with Crippen LogP contribution >= 0.6 is 23.8 Å². The molecule has 1 fully saturated rings. The van der Waals surface area contributed by atoms with E-state index in [4.69, 9.17) is 23.8 Å². The van der Waals surface area contributed by atoms with E-state index in [2.05, 4.69) is 33.0 Å². The summed E-state index contributed by atoms with van der Waals surface area (Å²) in [5.74, 6) is 0.572. The van der Waals surface area contributed by atoms with Gasteiger partial charge in [0.1, 0.15) is 0 Å². The number of hydrogen-bond donors (Lipinski definition) is 3. The van der Waals surface area contributed by atoms with Gasteiger partial charge in [-0.1, -0.05) is 17.7 Å². The number of benzene rings is 2. The number of piperidine rings is 1. The van der Waals surface area contributed by atoms with Crippen molar-refractivity contribution in [3.8, 4) is 0 Å². The fourth-order valence-corrected chi connectivity index (χ4v) is 4.89. The number of nitrogens with one attached hydrogen (secondary N) is 3. The molecule has 2 aromatic rings. The Morgan fingerprint density at radius 2 is 1.65 bits per heavy atom. The normalized spacial score (nSPS) is 17.9. The first-order chi connectivity index (χ1) is 15.0. The third kappa shape index (κ3) is 5.38. The molecule has 0 aromatic heterocycles. The molecule has 1 atom stereocenters. The van der Waals surface area contributed by atoms with Crippen LogP contribution in [0.2, 0.25) is 5.02 Å². The third-order valence-electron chi connectivity index (χ3n) is 5.73. The maximum atomic E-state index is 11.1. The van der Waals surface area contributed by atoms with E-state index < -0.39 is 0 Å². The standard InChI is InChI=1S/C24H27ClN4OS/c1-16(30)26-18-8-10-19(11-9-18)27-24(31)28-20-12-13-23(21(25)15-20)29-14-4-6-17-5-2-3-7-22(17)29/h7-13,15,17H,2-6,14H2,1H3,(H,26,30)(H2,27,28,31). The Morgan fingerprint density at radius 1 is 1.00 bits per heavy atom. The average Bonchev–Trinajstić information content (AvgIpc) is 2.75. The summed E-state index contributed by atoms with van der Waals surface area (Å²) in [6.45, 7) is 2.50. The summed E-state index contributed by atoms with van der Waals surface area (Å²) in [6, 6.07) is 13.4. The van der Waals surface area contributed by atoms with E-state index in [-0.39, 0.29) is 5.91 Å². The first kappa shape index (κ1) is 21.7. The lowest BCUT2D eigenvalue weighted by molar-refractivity contribution is -0.114. The molecule has 0 saturated carbocycles. The van der Waals surface area contributed by atoms with Gasteiger partial charge in [0, 0.05) is 36.2 Å². The zero-order chi connectivity index (χ0) is 21.8. The summed E-state index contributed by atoms with van der Waals surface area (Å²) in [7, 11) is 0. The lowest BCUT2D eigenvalue weighted by Crippen LogP contribution is -2.34. The Labute approximate surface area is 193 Å². The molecule has 2 aromatic carbocycles. The number of rotatable bonds is 4. The smallest absolute Gasteiger partial charge is 0.221 e. The number of fused-ring (bicyclic) bond motifs is 1. The fourth-order valence-electron chi connectivity index (χ4n) is 4.37. The average molecular weight is 455 g/mol. The van der Waals surface area contributed by atoms with Crippen molar-refractivity contribution in [3.63, 3.8) is 0 Å². The van der Waals surface area contributed by atoms with E-state index >= 15 is 0 Å². The quantitative estimate of drug-likeness (QED) is 0.467. The summed E-state index contributed by atoms with van der Waals surface area (Å²) in [4.78, 5) is 13.5. The van der Waals surface area contributed by atoms with Crippen LogP contribution < -0.4 is 20.9 Å². The minimum atomic E-state index is -0.0990. The fraction of sp³-hybridized carbons (Fsp3) is 0.333. The van der Waals surface area contributed by atoms with Gasteiger partial charge in [0.2, 0.25) is 5.91 Å². The molecule has 31 heavy (non-hydrogen) atoms. The van der Waals surface area contributed by atoms with Crippen LogP contribution in [0.1, 0.15) is 39.0 Å². The second-order valence-electron chi connectivity index (χ2n) is 8.05. The minimum absolute atomic E-state index is 0.0990. The van der Waals surface area contributed by atoms with Gasteiger partial charge in [-0.25, -0.2) is 0 Å². The van der Waals surface area contributed by atoms with E-state index in [1.54, 1.807) is 0 Å². The van der Waals surface area contributed by atoms with E-state index in [0.29, 0.717) is 11.0 Å². The Hall–Kier alpha value is -2.57. The summed E-state index contributed by atoms with van der Waals surface area (Å²) in [5.41, 5.74) is 4.93. The van der Waals surface area contributed by atoms with Crippen LogP contribution in [0.25, 0.3) is 0 Å². The van der Waals surface area contributed by atoms with Gasteiger partial charge in [0.05, 0.1) is 10.7 Å². The molecule has 1 aliphatic carbocycles.